The molecule has 1 aliphatic carbocycles. The molecule has 0 saturated heterocycles. The smallest absolute Gasteiger partial charge is 0.0540 e. The summed E-state index contributed by atoms with van der Waals surface area (Å²) in [5.41, 5.74) is 8.56. The van der Waals surface area contributed by atoms with E-state index >= 15 is 0 Å². The predicted molar refractivity (Wildman–Crippen MR) is 52.3 cm³/mol. The topological polar surface area (TPSA) is 43.8 Å². The first-order valence-electron chi connectivity index (χ1n) is 4.98. The van der Waals surface area contributed by atoms with Crippen LogP contribution in [0.5, 0.6) is 0 Å². The van der Waals surface area contributed by atoms with Crippen molar-refractivity contribution >= 4 is 0 Å². The van der Waals surface area contributed by atoms with E-state index < -0.39 is 0 Å². The molecule has 3 heteroatoms. The zero-order chi connectivity index (χ0) is 9.42. The van der Waals surface area contributed by atoms with E-state index in [-0.39, 0.29) is 6.04 Å². The molecule has 0 saturated carbocycles. The van der Waals surface area contributed by atoms with Gasteiger partial charge in [-0.15, -0.1) is 0 Å². The molecule has 0 bridgehead atoms. The fourth-order valence-electron chi connectivity index (χ4n) is 1.96. The Bertz CT molecular complexity index is 301. The highest BCUT2D eigenvalue weighted by Gasteiger charge is 2.23. The molecule has 2 rings (SSSR count). The van der Waals surface area contributed by atoms with Crippen LogP contribution in [0.15, 0.2) is 6.20 Å². The van der Waals surface area contributed by atoms with Crippen LogP contribution in [0, 0.1) is 5.92 Å². The van der Waals surface area contributed by atoms with Crippen LogP contribution in [0.2, 0.25) is 0 Å². The van der Waals surface area contributed by atoms with Crippen LogP contribution in [0.3, 0.4) is 0 Å². The van der Waals surface area contributed by atoms with E-state index in [2.05, 4.69) is 23.6 Å². The van der Waals surface area contributed by atoms with Crippen molar-refractivity contribution < 1.29 is 0 Å². The molecule has 72 valence electrons. The molecule has 1 aliphatic rings. The van der Waals surface area contributed by atoms with Crippen LogP contribution >= 0.6 is 0 Å². The highest BCUT2D eigenvalue weighted by molar-refractivity contribution is 5.26. The molecule has 0 aromatic carbocycles. The van der Waals surface area contributed by atoms with Crippen LogP contribution in [-0.2, 0) is 13.0 Å². The van der Waals surface area contributed by atoms with E-state index in [0.29, 0.717) is 5.92 Å². The zero-order valence-electron chi connectivity index (χ0n) is 8.33. The molecule has 1 aromatic heterocycles. The minimum atomic E-state index is 0.232. The van der Waals surface area contributed by atoms with Gasteiger partial charge in [-0.1, -0.05) is 13.8 Å². The quantitative estimate of drug-likeness (QED) is 0.747. The Morgan fingerprint density at radius 3 is 3.15 bits per heavy atom. The summed E-state index contributed by atoms with van der Waals surface area (Å²) in [6.45, 7) is 5.44. The summed E-state index contributed by atoms with van der Waals surface area (Å²) in [5, 5.41) is 4.37. The van der Waals surface area contributed by atoms with Gasteiger partial charge in [-0.3, -0.25) is 4.68 Å². The second-order valence-electron chi connectivity index (χ2n) is 4.27. The van der Waals surface area contributed by atoms with Gasteiger partial charge in [0.15, 0.2) is 0 Å². The molecule has 0 fully saturated rings. The molecule has 1 aromatic rings. The number of fused-ring (bicyclic) bond motifs is 1. The number of hydrogen-bond acceptors (Lipinski definition) is 2. The summed E-state index contributed by atoms with van der Waals surface area (Å²) < 4.78 is 2.12. The summed E-state index contributed by atoms with van der Waals surface area (Å²) in [4.78, 5) is 0. The Morgan fingerprint density at radius 1 is 1.69 bits per heavy atom. The van der Waals surface area contributed by atoms with Crippen molar-refractivity contribution in [2.45, 2.75) is 39.3 Å². The third kappa shape index (κ3) is 1.48. The molecule has 2 N–H and O–H groups in total. The Kier molecular flexibility index (Phi) is 2.12. The van der Waals surface area contributed by atoms with Crippen LogP contribution in [-0.4, -0.2) is 9.78 Å². The van der Waals surface area contributed by atoms with Crippen LogP contribution in [0.4, 0.5) is 0 Å². The van der Waals surface area contributed by atoms with Gasteiger partial charge in [0.1, 0.15) is 0 Å². The summed E-state index contributed by atoms with van der Waals surface area (Å²) >= 11 is 0. The first-order valence-corrected chi connectivity index (χ1v) is 4.98. The van der Waals surface area contributed by atoms with Crippen molar-refractivity contribution in [1.82, 2.24) is 9.78 Å². The van der Waals surface area contributed by atoms with Gasteiger partial charge in [0.2, 0.25) is 0 Å². The van der Waals surface area contributed by atoms with Crippen molar-refractivity contribution in [3.05, 3.63) is 17.5 Å². The number of nitrogens with two attached hydrogens (primary N) is 1. The van der Waals surface area contributed by atoms with Gasteiger partial charge in [0.25, 0.3) is 0 Å². The third-order valence-electron chi connectivity index (χ3n) is 2.61. The van der Waals surface area contributed by atoms with Gasteiger partial charge in [-0.05, 0) is 18.8 Å². The molecule has 1 atom stereocenters. The molecule has 1 heterocycles. The van der Waals surface area contributed by atoms with Crippen molar-refractivity contribution in [2.24, 2.45) is 11.7 Å². The Balaban J connectivity index is 2.25. The lowest BCUT2D eigenvalue weighted by atomic mass is 10.2. The van der Waals surface area contributed by atoms with Gasteiger partial charge in [-0.25, -0.2) is 0 Å². The minimum absolute atomic E-state index is 0.232. The maximum atomic E-state index is 5.94. The first kappa shape index (κ1) is 8.75. The lowest BCUT2D eigenvalue weighted by Gasteiger charge is -2.07. The van der Waals surface area contributed by atoms with E-state index in [1.165, 1.54) is 11.3 Å². The van der Waals surface area contributed by atoms with E-state index in [1.807, 2.05) is 6.20 Å². The fraction of sp³-hybridized carbons (Fsp3) is 0.700. The Hall–Kier alpha value is -0.830. The molecule has 0 unspecified atom stereocenters. The number of rotatable bonds is 2. The average molecular weight is 179 g/mol. The SMILES string of the molecule is CC(C)Cn1ncc2c1CC[C@@H]2N. The summed E-state index contributed by atoms with van der Waals surface area (Å²) in [7, 11) is 0. The monoisotopic (exact) mass is 179 g/mol. The number of hydrogen-bond donors (Lipinski definition) is 1. The first-order chi connectivity index (χ1) is 6.18. The van der Waals surface area contributed by atoms with Gasteiger partial charge < -0.3 is 5.73 Å². The molecular formula is C10H17N3. The van der Waals surface area contributed by atoms with Gasteiger partial charge in [0, 0.05) is 23.8 Å². The van der Waals surface area contributed by atoms with E-state index in [9.17, 15) is 0 Å². The van der Waals surface area contributed by atoms with Crippen LogP contribution in [0.1, 0.15) is 37.6 Å². The Labute approximate surface area is 78.9 Å². The highest BCUT2D eigenvalue weighted by atomic mass is 15.3. The molecule has 0 radical (unpaired) electrons. The summed E-state index contributed by atoms with van der Waals surface area (Å²) in [5.74, 6) is 0.654. The maximum Gasteiger partial charge on any atom is 0.0540 e. The molecule has 0 spiro atoms. The van der Waals surface area contributed by atoms with Crippen molar-refractivity contribution in [1.29, 1.82) is 0 Å². The lowest BCUT2D eigenvalue weighted by molar-refractivity contribution is 0.469. The maximum absolute atomic E-state index is 5.94. The predicted octanol–water partition coefficient (Wildman–Crippen LogP) is 1.49. The molecular weight excluding hydrogens is 162 g/mol. The van der Waals surface area contributed by atoms with E-state index in [4.69, 9.17) is 5.73 Å². The van der Waals surface area contributed by atoms with Crippen molar-refractivity contribution in [3.63, 3.8) is 0 Å². The second kappa shape index (κ2) is 3.14. The normalized spacial score (nSPS) is 21.1. The summed E-state index contributed by atoms with van der Waals surface area (Å²) in [6.07, 6.45) is 4.13. The van der Waals surface area contributed by atoms with Gasteiger partial charge in [0.05, 0.1) is 6.20 Å². The number of aromatic nitrogens is 2. The van der Waals surface area contributed by atoms with Gasteiger partial charge in [-0.2, -0.15) is 5.10 Å². The van der Waals surface area contributed by atoms with Crippen molar-refractivity contribution in [2.75, 3.05) is 0 Å². The van der Waals surface area contributed by atoms with Crippen LogP contribution in [0.25, 0.3) is 0 Å². The van der Waals surface area contributed by atoms with Crippen LogP contribution < -0.4 is 5.73 Å². The zero-order valence-corrected chi connectivity index (χ0v) is 8.33. The fourth-order valence-corrected chi connectivity index (χ4v) is 1.96. The second-order valence-corrected chi connectivity index (χ2v) is 4.27. The minimum Gasteiger partial charge on any atom is -0.324 e. The third-order valence-corrected chi connectivity index (χ3v) is 2.61. The van der Waals surface area contributed by atoms with Gasteiger partial charge >= 0.3 is 0 Å². The average Bonchev–Trinajstić information content (AvgIpc) is 2.56. The Morgan fingerprint density at radius 2 is 2.46 bits per heavy atom. The summed E-state index contributed by atoms with van der Waals surface area (Å²) in [6, 6.07) is 0.232. The van der Waals surface area contributed by atoms with E-state index in [0.717, 1.165) is 19.4 Å². The molecule has 0 aliphatic heterocycles. The highest BCUT2D eigenvalue weighted by Crippen LogP contribution is 2.28. The molecule has 13 heavy (non-hydrogen) atoms. The lowest BCUT2D eigenvalue weighted by Crippen LogP contribution is -2.08. The van der Waals surface area contributed by atoms with Crippen molar-refractivity contribution in [3.8, 4) is 0 Å². The standard InChI is InChI=1S/C10H17N3/c1-7(2)6-13-10-4-3-9(11)8(10)5-12-13/h5,7,9H,3-4,6,11H2,1-2H3/t9-/m0/s1. The van der Waals surface area contributed by atoms with E-state index in [1.54, 1.807) is 0 Å². The molecule has 3 nitrogen and oxygen atoms in total. The largest absolute Gasteiger partial charge is 0.324 e. The molecule has 0 amide bonds. The number of nitrogens with zero attached hydrogens (tertiary/aromatic N) is 2.